The van der Waals surface area contributed by atoms with Crippen molar-refractivity contribution in [3.05, 3.63) is 30.1 Å². The van der Waals surface area contributed by atoms with Crippen LogP contribution in [0.15, 0.2) is 24.3 Å². The lowest BCUT2D eigenvalue weighted by Gasteiger charge is -2.06. The summed E-state index contributed by atoms with van der Waals surface area (Å²) >= 11 is 0. The first-order valence-electron chi connectivity index (χ1n) is 9.48. The summed E-state index contributed by atoms with van der Waals surface area (Å²) in [4.78, 5) is 23.4. The number of nitrogens with one attached hydrogen (secondary N) is 2. The van der Waals surface area contributed by atoms with Gasteiger partial charge in [-0.15, -0.1) is 0 Å². The van der Waals surface area contributed by atoms with Gasteiger partial charge in [-0.05, 0) is 30.7 Å². The molecule has 0 aliphatic rings. The summed E-state index contributed by atoms with van der Waals surface area (Å²) in [7, 11) is 0. The highest BCUT2D eigenvalue weighted by molar-refractivity contribution is 6.39. The number of benzene rings is 1. The highest BCUT2D eigenvalue weighted by Gasteiger charge is 2.12. The molecule has 0 saturated carbocycles. The first kappa shape index (κ1) is 21.1. The fraction of sp³-hybridized carbons (Fsp3) is 0.600. The van der Waals surface area contributed by atoms with Crippen LogP contribution in [0.5, 0.6) is 0 Å². The van der Waals surface area contributed by atoms with E-state index in [4.69, 9.17) is 0 Å². The van der Waals surface area contributed by atoms with Crippen molar-refractivity contribution in [1.82, 2.24) is 5.32 Å². The molecule has 0 radical (unpaired) electrons. The van der Waals surface area contributed by atoms with Crippen LogP contribution < -0.4 is 10.6 Å². The van der Waals surface area contributed by atoms with Crippen LogP contribution in [0.2, 0.25) is 0 Å². The van der Waals surface area contributed by atoms with Gasteiger partial charge in [-0.25, -0.2) is 4.39 Å². The smallest absolute Gasteiger partial charge is 0.313 e. The molecule has 0 aromatic heterocycles. The molecule has 25 heavy (non-hydrogen) atoms. The number of amides is 2. The van der Waals surface area contributed by atoms with Gasteiger partial charge in [0.25, 0.3) is 0 Å². The van der Waals surface area contributed by atoms with Crippen molar-refractivity contribution < 1.29 is 14.0 Å². The summed E-state index contributed by atoms with van der Waals surface area (Å²) in [6, 6.07) is 5.31. The molecule has 1 rings (SSSR count). The third kappa shape index (κ3) is 10.5. The second-order valence-electron chi connectivity index (χ2n) is 6.40. The second-order valence-corrected chi connectivity index (χ2v) is 6.40. The summed E-state index contributed by atoms with van der Waals surface area (Å²) in [6.07, 6.45) is 12.3. The first-order valence-corrected chi connectivity index (χ1v) is 9.48. The predicted octanol–water partition coefficient (Wildman–Crippen LogP) is 4.80. The van der Waals surface area contributed by atoms with E-state index < -0.39 is 11.8 Å². The molecule has 0 spiro atoms. The second kappa shape index (κ2) is 13.4. The average Bonchev–Trinajstić information content (AvgIpc) is 2.61. The van der Waals surface area contributed by atoms with Crippen LogP contribution in [0.4, 0.5) is 10.1 Å². The van der Waals surface area contributed by atoms with Gasteiger partial charge in [0.1, 0.15) is 5.82 Å². The minimum Gasteiger partial charge on any atom is -0.348 e. The van der Waals surface area contributed by atoms with Gasteiger partial charge in [-0.3, -0.25) is 9.59 Å². The van der Waals surface area contributed by atoms with Crippen LogP contribution in [0.25, 0.3) is 0 Å². The molecule has 5 heteroatoms. The average molecular weight is 350 g/mol. The Hall–Kier alpha value is -1.91. The monoisotopic (exact) mass is 350 g/mol. The molecular weight excluding hydrogens is 319 g/mol. The van der Waals surface area contributed by atoms with E-state index in [0.29, 0.717) is 12.2 Å². The normalized spacial score (nSPS) is 10.5. The number of anilines is 1. The topological polar surface area (TPSA) is 58.2 Å². The molecule has 0 aliphatic carbocycles. The fourth-order valence-electron chi connectivity index (χ4n) is 2.62. The van der Waals surface area contributed by atoms with E-state index in [2.05, 4.69) is 17.6 Å². The lowest BCUT2D eigenvalue weighted by Crippen LogP contribution is -2.35. The van der Waals surface area contributed by atoms with Crippen molar-refractivity contribution in [3.8, 4) is 0 Å². The van der Waals surface area contributed by atoms with E-state index in [9.17, 15) is 14.0 Å². The maximum Gasteiger partial charge on any atom is 0.313 e. The molecule has 0 bridgehead atoms. The van der Waals surface area contributed by atoms with Gasteiger partial charge in [0.2, 0.25) is 0 Å². The van der Waals surface area contributed by atoms with E-state index in [-0.39, 0.29) is 5.82 Å². The van der Waals surface area contributed by atoms with Crippen LogP contribution in [0, 0.1) is 5.82 Å². The van der Waals surface area contributed by atoms with Gasteiger partial charge >= 0.3 is 11.8 Å². The Morgan fingerprint density at radius 3 is 1.88 bits per heavy atom. The minimum absolute atomic E-state index is 0.386. The zero-order valence-corrected chi connectivity index (χ0v) is 15.3. The van der Waals surface area contributed by atoms with E-state index >= 15 is 0 Å². The molecule has 2 N–H and O–H groups in total. The summed E-state index contributed by atoms with van der Waals surface area (Å²) in [5.74, 6) is -1.76. The third-order valence-electron chi connectivity index (χ3n) is 4.12. The molecule has 0 aliphatic heterocycles. The molecule has 4 nitrogen and oxygen atoms in total. The summed E-state index contributed by atoms with van der Waals surface area (Å²) in [6.45, 7) is 2.73. The first-order chi connectivity index (χ1) is 12.1. The maximum absolute atomic E-state index is 12.8. The van der Waals surface area contributed by atoms with Crippen molar-refractivity contribution in [1.29, 1.82) is 0 Å². The van der Waals surface area contributed by atoms with Crippen molar-refractivity contribution in [3.63, 3.8) is 0 Å². The van der Waals surface area contributed by atoms with Crippen LogP contribution in [0.1, 0.15) is 71.1 Å². The molecule has 0 atom stereocenters. The van der Waals surface area contributed by atoms with Gasteiger partial charge in [-0.1, -0.05) is 64.7 Å². The number of hydrogen-bond acceptors (Lipinski definition) is 2. The van der Waals surface area contributed by atoms with Crippen molar-refractivity contribution in [2.24, 2.45) is 0 Å². The Bertz CT molecular complexity index is 503. The predicted molar refractivity (Wildman–Crippen MR) is 99.9 cm³/mol. The molecule has 2 amide bonds. The van der Waals surface area contributed by atoms with Crippen molar-refractivity contribution in [2.75, 3.05) is 11.9 Å². The maximum atomic E-state index is 12.8. The highest BCUT2D eigenvalue weighted by atomic mass is 19.1. The molecule has 0 saturated heterocycles. The summed E-state index contributed by atoms with van der Waals surface area (Å²) < 4.78 is 12.8. The SMILES string of the molecule is CCCCCCCCCCCCNC(=O)C(=O)Nc1ccc(F)cc1. The highest BCUT2D eigenvalue weighted by Crippen LogP contribution is 2.10. The zero-order valence-electron chi connectivity index (χ0n) is 15.3. The van der Waals surface area contributed by atoms with Gasteiger partial charge in [0.05, 0.1) is 0 Å². The molecule has 1 aromatic carbocycles. The molecule has 1 aromatic rings. The number of carbonyl (C=O) groups is 2. The van der Waals surface area contributed by atoms with Gasteiger partial charge < -0.3 is 10.6 Å². The summed E-state index contributed by atoms with van der Waals surface area (Å²) in [5, 5.41) is 5.06. The van der Waals surface area contributed by atoms with Crippen LogP contribution in [-0.4, -0.2) is 18.4 Å². The van der Waals surface area contributed by atoms with Crippen molar-refractivity contribution in [2.45, 2.75) is 71.1 Å². The summed E-state index contributed by atoms with van der Waals surface area (Å²) in [5.41, 5.74) is 0.403. The van der Waals surface area contributed by atoms with Gasteiger partial charge in [-0.2, -0.15) is 0 Å². The standard InChI is InChI=1S/C20H31FN2O2/c1-2-3-4-5-6-7-8-9-10-11-16-22-19(24)20(25)23-18-14-12-17(21)13-15-18/h12-15H,2-11,16H2,1H3,(H,22,24)(H,23,25). The Morgan fingerprint density at radius 1 is 0.800 bits per heavy atom. The fourth-order valence-corrected chi connectivity index (χ4v) is 2.62. The van der Waals surface area contributed by atoms with Crippen LogP contribution in [-0.2, 0) is 9.59 Å². The Morgan fingerprint density at radius 2 is 1.32 bits per heavy atom. The molecular formula is C20H31FN2O2. The number of carbonyl (C=O) groups excluding carboxylic acids is 2. The number of halogens is 1. The van der Waals surface area contributed by atoms with Gasteiger partial charge in [0, 0.05) is 12.2 Å². The zero-order chi connectivity index (χ0) is 18.3. The quantitative estimate of drug-likeness (QED) is 0.420. The van der Waals surface area contributed by atoms with Crippen LogP contribution >= 0.6 is 0 Å². The Kier molecular flexibility index (Phi) is 11.3. The van der Waals surface area contributed by atoms with E-state index in [1.54, 1.807) is 0 Å². The largest absolute Gasteiger partial charge is 0.348 e. The minimum atomic E-state index is -0.723. The van der Waals surface area contributed by atoms with Crippen LogP contribution in [0.3, 0.4) is 0 Å². The molecule has 140 valence electrons. The lowest BCUT2D eigenvalue weighted by atomic mass is 10.1. The van der Waals surface area contributed by atoms with E-state index in [1.807, 2.05) is 0 Å². The Balaban J connectivity index is 1.99. The lowest BCUT2D eigenvalue weighted by molar-refractivity contribution is -0.136. The van der Waals surface area contributed by atoms with Crippen molar-refractivity contribution >= 4 is 17.5 Å². The number of unbranched alkanes of at least 4 members (excludes halogenated alkanes) is 9. The van der Waals surface area contributed by atoms with E-state index in [0.717, 1.165) is 12.8 Å². The number of hydrogen-bond donors (Lipinski definition) is 2. The van der Waals surface area contributed by atoms with E-state index in [1.165, 1.54) is 75.6 Å². The third-order valence-corrected chi connectivity index (χ3v) is 4.12. The molecule has 0 unspecified atom stereocenters. The number of rotatable bonds is 12. The molecule has 0 heterocycles. The Labute approximate surface area is 150 Å². The van der Waals surface area contributed by atoms with Gasteiger partial charge in [0.15, 0.2) is 0 Å². The molecule has 0 fully saturated rings.